The van der Waals surface area contributed by atoms with Crippen LogP contribution in [0.1, 0.15) is 15.9 Å². The quantitative estimate of drug-likeness (QED) is 0.473. The molecule has 0 spiro atoms. The third-order valence-corrected chi connectivity index (χ3v) is 3.99. The molecular weight excluding hydrogens is 358 g/mol. The van der Waals surface area contributed by atoms with Gasteiger partial charge in [-0.1, -0.05) is 58.9 Å². The molecule has 0 unspecified atom stereocenters. The van der Waals surface area contributed by atoms with E-state index in [0.717, 1.165) is 4.47 Å². The summed E-state index contributed by atoms with van der Waals surface area (Å²) in [4.78, 5) is 23.9. The summed E-state index contributed by atoms with van der Waals surface area (Å²) in [5.74, 6) is -0.563. The summed E-state index contributed by atoms with van der Waals surface area (Å²) in [6, 6.07) is 14.4. The molecule has 0 bridgehead atoms. The molecule has 2 aromatic rings. The minimum atomic E-state index is -0.503. The third-order valence-electron chi connectivity index (χ3n) is 3.30. The highest BCUT2D eigenvalue weighted by atomic mass is 79.9. The second-order valence-electron chi connectivity index (χ2n) is 4.77. The van der Waals surface area contributed by atoms with Crippen LogP contribution in [0.4, 0.5) is 5.69 Å². The minimum absolute atomic E-state index is 0.0593. The number of nitrogens with one attached hydrogen (secondary N) is 1. The molecule has 0 saturated heterocycles. The van der Waals surface area contributed by atoms with Crippen LogP contribution in [0.3, 0.4) is 0 Å². The summed E-state index contributed by atoms with van der Waals surface area (Å²) in [6.07, 6.45) is 0. The second kappa shape index (κ2) is 7.74. The summed E-state index contributed by atoms with van der Waals surface area (Å²) in [6.45, 7) is 3.85. The monoisotopic (exact) mass is 373 g/mol. The lowest BCUT2D eigenvalue weighted by Gasteiger charge is -2.12. The largest absolute Gasteiger partial charge is 0.465 e. The van der Waals surface area contributed by atoms with Crippen molar-refractivity contribution in [2.24, 2.45) is 0 Å². The summed E-state index contributed by atoms with van der Waals surface area (Å²) < 4.78 is 5.44. The van der Waals surface area contributed by atoms with E-state index < -0.39 is 5.97 Å². The Bertz CT molecular complexity index is 755. The molecule has 23 heavy (non-hydrogen) atoms. The Labute approximate surface area is 143 Å². The van der Waals surface area contributed by atoms with Gasteiger partial charge in [0.2, 0.25) is 0 Å². The number of halogens is 1. The molecule has 0 saturated carbocycles. The van der Waals surface area contributed by atoms with Crippen LogP contribution in [0.5, 0.6) is 0 Å². The Morgan fingerprint density at radius 1 is 1.09 bits per heavy atom. The Morgan fingerprint density at radius 2 is 1.70 bits per heavy atom. The van der Waals surface area contributed by atoms with E-state index >= 15 is 0 Å². The average molecular weight is 374 g/mol. The van der Waals surface area contributed by atoms with Gasteiger partial charge in [0.15, 0.2) is 5.78 Å². The number of ether oxygens (including phenoxy) is 1. The van der Waals surface area contributed by atoms with Crippen molar-refractivity contribution in [3.05, 3.63) is 70.7 Å². The van der Waals surface area contributed by atoms with Crippen LogP contribution in [-0.2, 0) is 9.53 Å². The van der Waals surface area contributed by atoms with Gasteiger partial charge in [0.1, 0.15) is 0 Å². The van der Waals surface area contributed by atoms with Crippen LogP contribution in [0.15, 0.2) is 59.6 Å². The Kier molecular flexibility index (Phi) is 5.71. The molecule has 0 fully saturated rings. The lowest BCUT2D eigenvalue weighted by atomic mass is 10.0. The number of Topliss-reactive ketones (excluding diaryl/α,β-unsaturated/α-hetero) is 1. The molecule has 2 aromatic carbocycles. The lowest BCUT2D eigenvalue weighted by Crippen LogP contribution is -2.16. The van der Waals surface area contributed by atoms with Gasteiger partial charge in [0.05, 0.1) is 19.2 Å². The highest BCUT2D eigenvalue weighted by molar-refractivity contribution is 9.10. The third kappa shape index (κ3) is 4.07. The van der Waals surface area contributed by atoms with Crippen molar-refractivity contribution in [2.45, 2.75) is 0 Å². The number of methoxy groups -OCH3 is 1. The molecule has 0 aliphatic heterocycles. The van der Waals surface area contributed by atoms with Crippen molar-refractivity contribution in [2.75, 3.05) is 19.0 Å². The Hall–Kier alpha value is -2.40. The van der Waals surface area contributed by atoms with E-state index in [-0.39, 0.29) is 17.9 Å². The van der Waals surface area contributed by atoms with Gasteiger partial charge in [-0.25, -0.2) is 4.79 Å². The van der Waals surface area contributed by atoms with Crippen molar-refractivity contribution in [3.63, 3.8) is 0 Å². The van der Waals surface area contributed by atoms with Crippen molar-refractivity contribution >= 4 is 38.9 Å². The van der Waals surface area contributed by atoms with Crippen molar-refractivity contribution < 1.29 is 14.3 Å². The number of ketones is 1. The SMILES string of the molecule is C=C(C(=O)OC)c1ccccc1NCC(=O)c1ccccc1Br. The molecule has 0 amide bonds. The first-order chi connectivity index (χ1) is 11.0. The molecule has 118 valence electrons. The fourth-order valence-corrected chi connectivity index (χ4v) is 2.60. The zero-order valence-electron chi connectivity index (χ0n) is 12.6. The van der Waals surface area contributed by atoms with Gasteiger partial charge in [-0.3, -0.25) is 4.79 Å². The predicted octanol–water partition coefficient (Wildman–Crippen LogP) is 3.93. The molecule has 2 rings (SSSR count). The molecule has 0 heterocycles. The van der Waals surface area contributed by atoms with Crippen molar-refractivity contribution in [1.82, 2.24) is 0 Å². The van der Waals surface area contributed by atoms with Gasteiger partial charge in [0, 0.05) is 21.3 Å². The highest BCUT2D eigenvalue weighted by Crippen LogP contribution is 2.24. The highest BCUT2D eigenvalue weighted by Gasteiger charge is 2.15. The number of hydrogen-bond donors (Lipinski definition) is 1. The number of carbonyl (C=O) groups is 2. The number of rotatable bonds is 6. The number of para-hydroxylation sites is 1. The van der Waals surface area contributed by atoms with E-state index in [2.05, 4.69) is 27.8 Å². The number of hydrogen-bond acceptors (Lipinski definition) is 4. The van der Waals surface area contributed by atoms with Crippen molar-refractivity contribution in [3.8, 4) is 0 Å². The second-order valence-corrected chi connectivity index (χ2v) is 5.63. The molecule has 0 aliphatic rings. The van der Waals surface area contributed by atoms with Crippen LogP contribution in [-0.4, -0.2) is 25.4 Å². The average Bonchev–Trinajstić information content (AvgIpc) is 2.59. The summed E-state index contributed by atoms with van der Waals surface area (Å²) in [5, 5.41) is 3.06. The molecule has 4 nitrogen and oxygen atoms in total. The van der Waals surface area contributed by atoms with Gasteiger partial charge in [0.25, 0.3) is 0 Å². The van der Waals surface area contributed by atoms with Crippen LogP contribution in [0.2, 0.25) is 0 Å². The molecule has 0 radical (unpaired) electrons. The standard InChI is InChI=1S/C18H16BrNO3/c1-12(18(22)23-2)13-7-4-6-10-16(13)20-11-17(21)14-8-3-5-9-15(14)19/h3-10,20H,1,11H2,2H3. The smallest absolute Gasteiger partial charge is 0.337 e. The molecule has 1 N–H and O–H groups in total. The lowest BCUT2D eigenvalue weighted by molar-refractivity contribution is -0.133. The van der Waals surface area contributed by atoms with E-state index in [1.807, 2.05) is 24.3 Å². The normalized spacial score (nSPS) is 10.0. The topological polar surface area (TPSA) is 55.4 Å². The summed E-state index contributed by atoms with van der Waals surface area (Å²) in [7, 11) is 1.31. The Balaban J connectivity index is 2.15. The number of esters is 1. The van der Waals surface area contributed by atoms with Crippen LogP contribution >= 0.6 is 15.9 Å². The van der Waals surface area contributed by atoms with Gasteiger partial charge >= 0.3 is 5.97 Å². The first-order valence-corrected chi connectivity index (χ1v) is 7.72. The molecular formula is C18H16BrNO3. The molecule has 0 aromatic heterocycles. The number of benzene rings is 2. The maximum absolute atomic E-state index is 12.3. The van der Waals surface area contributed by atoms with E-state index in [9.17, 15) is 9.59 Å². The van der Waals surface area contributed by atoms with Gasteiger partial charge in [-0.05, 0) is 12.1 Å². The van der Waals surface area contributed by atoms with Crippen LogP contribution < -0.4 is 5.32 Å². The zero-order valence-corrected chi connectivity index (χ0v) is 14.2. The maximum atomic E-state index is 12.3. The number of anilines is 1. The van der Waals surface area contributed by atoms with Gasteiger partial charge < -0.3 is 10.1 Å². The zero-order chi connectivity index (χ0) is 16.8. The molecule has 5 heteroatoms. The fourth-order valence-electron chi connectivity index (χ4n) is 2.09. The van der Waals surface area contributed by atoms with E-state index in [1.165, 1.54) is 7.11 Å². The van der Waals surface area contributed by atoms with Gasteiger partial charge in [-0.15, -0.1) is 0 Å². The van der Waals surface area contributed by atoms with Crippen LogP contribution in [0.25, 0.3) is 5.57 Å². The van der Waals surface area contributed by atoms with E-state index in [4.69, 9.17) is 4.74 Å². The van der Waals surface area contributed by atoms with E-state index in [0.29, 0.717) is 16.8 Å². The number of carbonyl (C=O) groups excluding carboxylic acids is 2. The first-order valence-electron chi connectivity index (χ1n) is 6.92. The molecule has 0 aliphatic carbocycles. The minimum Gasteiger partial charge on any atom is -0.465 e. The molecule has 0 atom stereocenters. The summed E-state index contributed by atoms with van der Waals surface area (Å²) >= 11 is 3.37. The maximum Gasteiger partial charge on any atom is 0.337 e. The first kappa shape index (κ1) is 17.0. The predicted molar refractivity (Wildman–Crippen MR) is 94.5 cm³/mol. The Morgan fingerprint density at radius 3 is 2.35 bits per heavy atom. The summed E-state index contributed by atoms with van der Waals surface area (Å²) in [5.41, 5.74) is 2.11. The van der Waals surface area contributed by atoms with Crippen molar-refractivity contribution in [1.29, 1.82) is 0 Å². The van der Waals surface area contributed by atoms with Gasteiger partial charge in [-0.2, -0.15) is 0 Å². The van der Waals surface area contributed by atoms with E-state index in [1.54, 1.807) is 24.3 Å². The fraction of sp³-hybridized carbons (Fsp3) is 0.111. The van der Waals surface area contributed by atoms with Crippen LogP contribution in [0, 0.1) is 0 Å².